The molecule has 2 aromatic rings. The molecule has 0 fully saturated rings. The van der Waals surface area contributed by atoms with Crippen LogP contribution < -0.4 is 4.74 Å². The molecule has 0 aliphatic carbocycles. The lowest BCUT2D eigenvalue weighted by Gasteiger charge is -2.31. The number of hydrogen-bond acceptors (Lipinski definition) is 5. The summed E-state index contributed by atoms with van der Waals surface area (Å²) in [6, 6.07) is 7.35. The minimum Gasteiger partial charge on any atom is -0.497 e. The third-order valence-corrected chi connectivity index (χ3v) is 5.27. The summed E-state index contributed by atoms with van der Waals surface area (Å²) >= 11 is 0. The average molecular weight is 386 g/mol. The summed E-state index contributed by atoms with van der Waals surface area (Å²) in [6.45, 7) is 3.15. The Bertz CT molecular complexity index is 873. The van der Waals surface area contributed by atoms with Crippen LogP contribution in [0.15, 0.2) is 24.3 Å². The van der Waals surface area contributed by atoms with E-state index in [0.717, 1.165) is 17.0 Å². The molecule has 1 aromatic carbocycles. The maximum Gasteiger partial charge on any atom is 0.356 e. The van der Waals surface area contributed by atoms with E-state index in [-0.39, 0.29) is 24.2 Å². The van der Waals surface area contributed by atoms with Crippen molar-refractivity contribution in [3.8, 4) is 5.75 Å². The largest absolute Gasteiger partial charge is 0.497 e. The number of amides is 1. The van der Waals surface area contributed by atoms with Crippen molar-refractivity contribution in [2.24, 2.45) is 0 Å². The number of carboxylic acid groups (broad SMARTS) is 1. The van der Waals surface area contributed by atoms with E-state index in [1.54, 1.807) is 16.7 Å². The Morgan fingerprint density at radius 1 is 1.29 bits per heavy atom. The third kappa shape index (κ3) is 3.87. The molecule has 1 N–H and O–H groups in total. The zero-order valence-electron chi connectivity index (χ0n) is 16.7. The van der Waals surface area contributed by atoms with E-state index < -0.39 is 5.97 Å². The SMILES string of the molecule is COc1ccc(Cn2nc(C(=O)O)c3c2CCN(C(=O)[C@H](C)N(C)C)C3)cc1. The molecular formula is C20H26N4O4. The smallest absolute Gasteiger partial charge is 0.356 e. The zero-order valence-corrected chi connectivity index (χ0v) is 16.7. The van der Waals surface area contributed by atoms with Crippen molar-refractivity contribution in [1.82, 2.24) is 19.6 Å². The van der Waals surface area contributed by atoms with Crippen LogP contribution in [0.4, 0.5) is 0 Å². The number of nitrogens with zero attached hydrogens (tertiary/aromatic N) is 4. The van der Waals surface area contributed by atoms with Crippen LogP contribution in [0.25, 0.3) is 0 Å². The first kappa shape index (κ1) is 19.9. The van der Waals surface area contributed by atoms with Gasteiger partial charge in [0, 0.05) is 30.8 Å². The molecule has 0 bridgehead atoms. The van der Waals surface area contributed by atoms with Gasteiger partial charge in [-0.05, 0) is 38.7 Å². The number of hydrogen-bond donors (Lipinski definition) is 1. The molecule has 0 radical (unpaired) electrons. The Labute approximate surface area is 164 Å². The third-order valence-electron chi connectivity index (χ3n) is 5.27. The van der Waals surface area contributed by atoms with Crippen LogP contribution in [-0.2, 0) is 24.3 Å². The fourth-order valence-electron chi connectivity index (χ4n) is 3.37. The first-order chi connectivity index (χ1) is 13.3. The van der Waals surface area contributed by atoms with Crippen molar-refractivity contribution >= 4 is 11.9 Å². The van der Waals surface area contributed by atoms with Gasteiger partial charge in [0.2, 0.25) is 5.91 Å². The van der Waals surface area contributed by atoms with Crippen LogP contribution in [0.3, 0.4) is 0 Å². The molecule has 2 heterocycles. The van der Waals surface area contributed by atoms with Gasteiger partial charge in [-0.2, -0.15) is 5.10 Å². The topological polar surface area (TPSA) is 87.9 Å². The minimum atomic E-state index is -1.07. The Morgan fingerprint density at radius 3 is 2.54 bits per heavy atom. The first-order valence-electron chi connectivity index (χ1n) is 9.21. The van der Waals surface area contributed by atoms with Crippen LogP contribution >= 0.6 is 0 Å². The van der Waals surface area contributed by atoms with Gasteiger partial charge < -0.3 is 14.7 Å². The van der Waals surface area contributed by atoms with Crippen molar-refractivity contribution in [3.05, 3.63) is 46.8 Å². The Morgan fingerprint density at radius 2 is 1.96 bits per heavy atom. The van der Waals surface area contributed by atoms with Crippen molar-refractivity contribution in [3.63, 3.8) is 0 Å². The van der Waals surface area contributed by atoms with Gasteiger partial charge in [0.1, 0.15) is 5.75 Å². The fourth-order valence-corrected chi connectivity index (χ4v) is 3.37. The molecule has 0 saturated heterocycles. The number of benzene rings is 1. The molecule has 8 nitrogen and oxygen atoms in total. The lowest BCUT2D eigenvalue weighted by atomic mass is 10.0. The van der Waals surface area contributed by atoms with Gasteiger partial charge in [-0.1, -0.05) is 12.1 Å². The van der Waals surface area contributed by atoms with Crippen molar-refractivity contribution in [1.29, 1.82) is 0 Å². The number of rotatable bonds is 6. The average Bonchev–Trinajstić information content (AvgIpc) is 3.05. The number of carboxylic acids is 1. The highest BCUT2D eigenvalue weighted by Crippen LogP contribution is 2.25. The van der Waals surface area contributed by atoms with Crippen LogP contribution in [0.5, 0.6) is 5.75 Å². The van der Waals surface area contributed by atoms with Crippen LogP contribution in [0, 0.1) is 0 Å². The lowest BCUT2D eigenvalue weighted by Crippen LogP contribution is -2.46. The molecule has 1 aliphatic heterocycles. The Kier molecular flexibility index (Phi) is 5.69. The summed E-state index contributed by atoms with van der Waals surface area (Å²) in [5.41, 5.74) is 2.54. The van der Waals surface area contributed by atoms with E-state index in [1.165, 1.54) is 0 Å². The van der Waals surface area contributed by atoms with Crippen molar-refractivity contribution in [2.45, 2.75) is 32.5 Å². The van der Waals surface area contributed by atoms with E-state index in [4.69, 9.17) is 4.74 Å². The Hall–Kier alpha value is -2.87. The number of aromatic carboxylic acids is 1. The number of aromatic nitrogens is 2. The van der Waals surface area contributed by atoms with Gasteiger partial charge in [-0.25, -0.2) is 4.79 Å². The summed E-state index contributed by atoms with van der Waals surface area (Å²) in [6.07, 6.45) is 0.581. The predicted octanol–water partition coefficient (Wildman–Crippen LogP) is 1.47. The summed E-state index contributed by atoms with van der Waals surface area (Å²) in [5.74, 6) is -0.309. The monoisotopic (exact) mass is 386 g/mol. The molecule has 150 valence electrons. The van der Waals surface area contributed by atoms with E-state index in [1.807, 2.05) is 50.2 Å². The molecule has 8 heteroatoms. The van der Waals surface area contributed by atoms with E-state index >= 15 is 0 Å². The Balaban J connectivity index is 1.87. The van der Waals surface area contributed by atoms with Gasteiger partial charge in [0.15, 0.2) is 5.69 Å². The molecule has 1 atom stereocenters. The normalized spacial score (nSPS) is 14.7. The number of ether oxygens (including phenoxy) is 1. The summed E-state index contributed by atoms with van der Waals surface area (Å²) in [4.78, 5) is 28.0. The number of methoxy groups -OCH3 is 1. The molecule has 1 amide bonds. The number of carbonyl (C=O) groups is 2. The van der Waals surface area contributed by atoms with Gasteiger partial charge in [0.25, 0.3) is 0 Å². The minimum absolute atomic E-state index is 0.00473. The molecule has 0 saturated carbocycles. The second-order valence-corrected chi connectivity index (χ2v) is 7.23. The number of fused-ring (bicyclic) bond motifs is 1. The predicted molar refractivity (Wildman–Crippen MR) is 104 cm³/mol. The van der Waals surface area contributed by atoms with Crippen LogP contribution in [-0.4, -0.2) is 70.4 Å². The molecule has 0 unspecified atom stereocenters. The molecule has 1 aromatic heterocycles. The lowest BCUT2D eigenvalue weighted by molar-refractivity contribution is -0.136. The molecule has 28 heavy (non-hydrogen) atoms. The quantitative estimate of drug-likeness (QED) is 0.809. The summed E-state index contributed by atoms with van der Waals surface area (Å²) < 4.78 is 6.92. The van der Waals surface area contributed by atoms with Crippen LogP contribution in [0.1, 0.15) is 34.2 Å². The van der Waals surface area contributed by atoms with E-state index in [0.29, 0.717) is 25.1 Å². The maximum absolute atomic E-state index is 12.7. The van der Waals surface area contributed by atoms with Gasteiger partial charge in [0.05, 0.1) is 19.7 Å². The second-order valence-electron chi connectivity index (χ2n) is 7.23. The molecule has 0 spiro atoms. The van der Waals surface area contributed by atoms with E-state index in [2.05, 4.69) is 5.10 Å². The van der Waals surface area contributed by atoms with Crippen molar-refractivity contribution < 1.29 is 19.4 Å². The zero-order chi connectivity index (χ0) is 20.4. The van der Waals surface area contributed by atoms with Crippen molar-refractivity contribution in [2.75, 3.05) is 27.7 Å². The summed E-state index contributed by atoms with van der Waals surface area (Å²) in [5, 5.41) is 13.9. The second kappa shape index (κ2) is 8.02. The fraction of sp³-hybridized carbons (Fsp3) is 0.450. The standard InChI is InChI=1S/C20H26N4O4/c1-13(22(2)3)19(25)23-10-9-17-16(12-23)18(20(26)27)21-24(17)11-14-5-7-15(28-4)8-6-14/h5-8,13H,9-12H2,1-4H3,(H,26,27)/t13-/m0/s1. The van der Waals surface area contributed by atoms with Gasteiger partial charge >= 0.3 is 5.97 Å². The first-order valence-corrected chi connectivity index (χ1v) is 9.21. The van der Waals surface area contributed by atoms with Crippen LogP contribution in [0.2, 0.25) is 0 Å². The molecule has 3 rings (SSSR count). The van der Waals surface area contributed by atoms with Gasteiger partial charge in [-0.3, -0.25) is 14.4 Å². The maximum atomic E-state index is 12.7. The highest BCUT2D eigenvalue weighted by Gasteiger charge is 2.32. The molecular weight excluding hydrogens is 360 g/mol. The van der Waals surface area contributed by atoms with Gasteiger partial charge in [-0.15, -0.1) is 0 Å². The number of likely N-dealkylation sites (N-methyl/N-ethyl adjacent to an activating group) is 1. The highest BCUT2D eigenvalue weighted by molar-refractivity contribution is 5.88. The number of carbonyl (C=O) groups excluding carboxylic acids is 1. The highest BCUT2D eigenvalue weighted by atomic mass is 16.5. The summed E-state index contributed by atoms with van der Waals surface area (Å²) in [7, 11) is 5.32. The molecule has 1 aliphatic rings. The van der Waals surface area contributed by atoms with E-state index in [9.17, 15) is 14.7 Å².